The number of fused-ring (bicyclic) bond motifs is 2. The zero-order valence-electron chi connectivity index (χ0n) is 32.5. The van der Waals surface area contributed by atoms with Crippen LogP contribution in [0.4, 0.5) is 32.3 Å². The minimum Gasteiger partial charge on any atom is -0.480 e. The fourth-order valence-electron chi connectivity index (χ4n) is 7.45. The molecule has 2 saturated heterocycles. The molecule has 5 aromatic carbocycles. The van der Waals surface area contributed by atoms with Crippen LogP contribution in [0.25, 0.3) is 21.8 Å². The number of anilines is 4. The van der Waals surface area contributed by atoms with Crippen molar-refractivity contribution < 1.29 is 18.7 Å². The lowest BCUT2D eigenvalue weighted by Crippen LogP contribution is -2.46. The van der Waals surface area contributed by atoms with Gasteiger partial charge in [-0.2, -0.15) is 9.97 Å². The summed E-state index contributed by atoms with van der Waals surface area (Å²) in [5, 5.41) is 18.0. The number of hydrogen-bond acceptors (Lipinski definition) is 10. The third-order valence-corrected chi connectivity index (χ3v) is 10.6. The van der Waals surface area contributed by atoms with Crippen LogP contribution in [0.15, 0.2) is 127 Å². The van der Waals surface area contributed by atoms with Crippen molar-refractivity contribution in [1.29, 1.82) is 0 Å². The number of hydrogen-bond donors (Lipinski definition) is 3. The lowest BCUT2D eigenvalue weighted by Gasteiger charge is -2.35. The van der Waals surface area contributed by atoms with Crippen molar-refractivity contribution in [2.45, 2.75) is 38.5 Å². The Balaban J connectivity index is 0.000000167. The van der Waals surface area contributed by atoms with E-state index in [9.17, 15) is 18.7 Å². The minimum atomic E-state index is -0.856. The summed E-state index contributed by atoms with van der Waals surface area (Å²) in [6.07, 6.45) is 1.38. The van der Waals surface area contributed by atoms with E-state index in [0.717, 1.165) is 83.8 Å². The van der Waals surface area contributed by atoms with Crippen molar-refractivity contribution in [1.82, 2.24) is 24.8 Å². The van der Waals surface area contributed by atoms with E-state index in [1.165, 1.54) is 29.8 Å². The number of carboxylic acid groups (broad SMARTS) is 1. The molecule has 2 aromatic heterocycles. The number of carbonyl (C=O) groups is 1. The van der Waals surface area contributed by atoms with E-state index in [0.29, 0.717) is 37.8 Å². The molecule has 1 atom stereocenters. The maximum absolute atomic E-state index is 13.2. The molecule has 9 rings (SSSR count). The second-order valence-electron chi connectivity index (χ2n) is 14.7. The summed E-state index contributed by atoms with van der Waals surface area (Å²) >= 11 is 0. The largest absolute Gasteiger partial charge is 0.480 e. The second kappa shape index (κ2) is 18.2. The molecule has 0 bridgehead atoms. The zero-order valence-corrected chi connectivity index (χ0v) is 32.5. The topological polar surface area (TPSA) is 123 Å². The van der Waals surface area contributed by atoms with Crippen LogP contribution in [0.5, 0.6) is 0 Å². The molecule has 2 aliphatic heterocycles. The van der Waals surface area contributed by atoms with Gasteiger partial charge in [0.15, 0.2) is 0 Å². The highest BCUT2D eigenvalue weighted by Gasteiger charge is 2.33. The lowest BCUT2D eigenvalue weighted by molar-refractivity contribution is -0.138. The van der Waals surface area contributed by atoms with Crippen molar-refractivity contribution in [3.63, 3.8) is 0 Å². The highest BCUT2D eigenvalue weighted by molar-refractivity contribution is 5.91. The predicted molar refractivity (Wildman–Crippen MR) is 228 cm³/mol. The van der Waals surface area contributed by atoms with Gasteiger partial charge in [0, 0.05) is 63.1 Å². The number of nitrogens with zero attached hydrogens (tertiary/aromatic N) is 7. The van der Waals surface area contributed by atoms with Crippen LogP contribution in [-0.2, 0) is 24.4 Å². The molecule has 59 heavy (non-hydrogen) atoms. The highest BCUT2D eigenvalue weighted by atomic mass is 19.1. The van der Waals surface area contributed by atoms with Crippen LogP contribution >= 0.6 is 0 Å². The van der Waals surface area contributed by atoms with E-state index in [4.69, 9.17) is 9.97 Å². The maximum atomic E-state index is 13.2. The van der Waals surface area contributed by atoms with Crippen LogP contribution < -0.4 is 20.4 Å². The maximum Gasteiger partial charge on any atom is 0.326 e. The molecule has 300 valence electrons. The standard InChI is InChI=1S/C26H26FN5.C20H19FN4O2/c27-22-12-10-20(11-13-22)18-28-25-23-8-4-5-9-24(23)29-26(30-25)32-16-14-31(15-17-32)19-21-6-2-1-3-7-21;21-14-9-7-13(8-10-14)12-22-18-15-4-1-2-5-16(15)23-20(24-18)25-11-3-6-17(25)19(26)27/h1-13H,14-19H2,(H,28,29,30);1-2,4-5,7-10,17H,3,6,11-12H2,(H,26,27)(H,22,23,24). The SMILES string of the molecule is Fc1ccc(CNc2nc(N3CCN(Cc4ccccc4)CC3)nc3ccccc23)cc1.O=C(O)C1CCCN1c1nc(NCc2ccc(F)cc2)c2ccccc2n1. The fraction of sp³-hybridized carbons (Fsp3) is 0.239. The first-order chi connectivity index (χ1) is 28.9. The van der Waals surface area contributed by atoms with Crippen molar-refractivity contribution in [2.75, 3.05) is 53.2 Å². The highest BCUT2D eigenvalue weighted by Crippen LogP contribution is 2.29. The quantitative estimate of drug-likeness (QED) is 0.118. The first kappa shape index (κ1) is 39.1. The first-order valence-electron chi connectivity index (χ1n) is 19.9. The number of piperazine rings is 1. The average Bonchev–Trinajstić information content (AvgIpc) is 3.78. The minimum absolute atomic E-state index is 0.227. The Morgan fingerprint density at radius 2 is 1.10 bits per heavy atom. The number of para-hydroxylation sites is 2. The van der Waals surface area contributed by atoms with Gasteiger partial charge in [-0.25, -0.2) is 23.5 Å². The summed E-state index contributed by atoms with van der Waals surface area (Å²) in [4.78, 5) is 36.9. The van der Waals surface area contributed by atoms with E-state index in [2.05, 4.69) is 60.7 Å². The second-order valence-corrected chi connectivity index (χ2v) is 14.7. The molecule has 0 aliphatic carbocycles. The Bertz CT molecular complexity index is 2500. The van der Waals surface area contributed by atoms with Gasteiger partial charge < -0.3 is 25.5 Å². The molecule has 4 heterocycles. The van der Waals surface area contributed by atoms with Crippen molar-refractivity contribution in [3.8, 4) is 0 Å². The van der Waals surface area contributed by atoms with E-state index in [-0.39, 0.29) is 11.6 Å². The Labute approximate surface area is 341 Å². The zero-order chi connectivity index (χ0) is 40.6. The molecule has 1 unspecified atom stereocenters. The smallest absolute Gasteiger partial charge is 0.326 e. The van der Waals surface area contributed by atoms with Crippen LogP contribution in [0, 0.1) is 11.6 Å². The van der Waals surface area contributed by atoms with Gasteiger partial charge in [-0.05, 0) is 78.1 Å². The molecular weight excluding hydrogens is 749 g/mol. The van der Waals surface area contributed by atoms with Crippen molar-refractivity contribution >= 4 is 51.3 Å². The predicted octanol–water partition coefficient (Wildman–Crippen LogP) is 8.14. The fourth-order valence-corrected chi connectivity index (χ4v) is 7.45. The van der Waals surface area contributed by atoms with Crippen LogP contribution in [0.3, 0.4) is 0 Å². The molecule has 0 radical (unpaired) electrons. The molecule has 3 N–H and O–H groups in total. The summed E-state index contributed by atoms with van der Waals surface area (Å²) in [5.41, 5.74) is 4.94. The lowest BCUT2D eigenvalue weighted by atomic mass is 10.2. The molecule has 7 aromatic rings. The molecule has 2 aliphatic rings. The van der Waals surface area contributed by atoms with Crippen LogP contribution in [0.2, 0.25) is 0 Å². The van der Waals surface area contributed by atoms with Gasteiger partial charge in [-0.3, -0.25) is 4.90 Å². The van der Waals surface area contributed by atoms with Crippen LogP contribution in [-0.4, -0.2) is 74.7 Å². The van der Waals surface area contributed by atoms with Gasteiger partial charge in [0.05, 0.1) is 11.0 Å². The number of aliphatic carboxylic acids is 1. The van der Waals surface area contributed by atoms with Crippen molar-refractivity contribution in [3.05, 3.63) is 156 Å². The molecule has 0 amide bonds. The summed E-state index contributed by atoms with van der Waals surface area (Å²) in [7, 11) is 0. The third-order valence-electron chi connectivity index (χ3n) is 10.6. The Morgan fingerprint density at radius 1 is 0.593 bits per heavy atom. The molecule has 11 nitrogen and oxygen atoms in total. The van der Waals surface area contributed by atoms with Gasteiger partial charge in [-0.1, -0.05) is 78.9 Å². The van der Waals surface area contributed by atoms with Gasteiger partial charge in [0.25, 0.3) is 0 Å². The monoisotopic (exact) mass is 793 g/mol. The van der Waals surface area contributed by atoms with Gasteiger partial charge in [0.1, 0.15) is 29.3 Å². The summed E-state index contributed by atoms with van der Waals surface area (Å²) in [6.45, 7) is 6.37. The summed E-state index contributed by atoms with van der Waals surface area (Å²) < 4.78 is 26.3. The van der Waals surface area contributed by atoms with E-state index in [1.807, 2.05) is 48.5 Å². The molecule has 13 heteroatoms. The van der Waals surface area contributed by atoms with Crippen molar-refractivity contribution in [2.24, 2.45) is 0 Å². The Kier molecular flexibility index (Phi) is 12.1. The van der Waals surface area contributed by atoms with Crippen LogP contribution in [0.1, 0.15) is 29.5 Å². The van der Waals surface area contributed by atoms with Gasteiger partial charge >= 0.3 is 5.97 Å². The normalized spacial score (nSPS) is 15.5. The molecule has 0 spiro atoms. The number of benzene rings is 5. The summed E-state index contributed by atoms with van der Waals surface area (Å²) in [5.74, 6) is 1.25. The summed E-state index contributed by atoms with van der Waals surface area (Å²) in [6, 6.07) is 38.5. The first-order valence-corrected chi connectivity index (χ1v) is 19.9. The number of halogens is 2. The Morgan fingerprint density at radius 3 is 1.66 bits per heavy atom. The third kappa shape index (κ3) is 9.70. The Hall–Kier alpha value is -6.73. The number of nitrogens with one attached hydrogen (secondary N) is 2. The van der Waals surface area contributed by atoms with E-state index in [1.54, 1.807) is 29.2 Å². The molecular formula is C46H45F2N9O2. The number of aromatic nitrogens is 4. The average molecular weight is 794 g/mol. The number of rotatable bonds is 11. The van der Waals surface area contributed by atoms with Gasteiger partial charge in [-0.15, -0.1) is 0 Å². The molecule has 0 saturated carbocycles. The van der Waals surface area contributed by atoms with E-state index >= 15 is 0 Å². The number of carboxylic acids is 1. The van der Waals surface area contributed by atoms with Gasteiger partial charge in [0.2, 0.25) is 11.9 Å². The molecule has 2 fully saturated rings. The van der Waals surface area contributed by atoms with E-state index < -0.39 is 12.0 Å².